The molecule has 6 nitrogen and oxygen atoms in total. The molecule has 1 aliphatic rings. The van der Waals surface area contributed by atoms with Crippen molar-refractivity contribution in [1.82, 2.24) is 4.90 Å². The highest BCUT2D eigenvalue weighted by molar-refractivity contribution is 7.92. The Morgan fingerprint density at radius 1 is 0.968 bits per heavy atom. The van der Waals surface area contributed by atoms with Gasteiger partial charge in [-0.25, -0.2) is 13.2 Å². The number of hydrogen-bond donors (Lipinski definition) is 1. The molecule has 2 aromatic carbocycles. The first-order valence-electron chi connectivity index (χ1n) is 10.6. The minimum Gasteiger partial charge on any atom is -0.444 e. The molecule has 1 heterocycles. The standard InChI is InChI=1S/C24H31NO5S/c1-16(2)21(26)23(31(28,29)19-13-9-6-10-14-19)20-22(17(3)4)30-24(27)25(20)15-18-11-7-5-8-12-18/h5-14,16-17,20-23,26H,15H2,1-4H3/t20-,21?,22+,23?/m1/s1. The molecule has 7 heteroatoms. The highest BCUT2D eigenvalue weighted by Gasteiger charge is 2.54. The zero-order chi connectivity index (χ0) is 22.8. The summed E-state index contributed by atoms with van der Waals surface area (Å²) in [5.41, 5.74) is 0.865. The van der Waals surface area contributed by atoms with Crippen LogP contribution < -0.4 is 0 Å². The highest BCUT2D eigenvalue weighted by Crippen LogP contribution is 2.36. The van der Waals surface area contributed by atoms with E-state index in [2.05, 4.69) is 0 Å². The molecule has 0 saturated carbocycles. The second-order valence-corrected chi connectivity index (χ2v) is 10.9. The molecular formula is C24H31NO5S. The fourth-order valence-corrected chi connectivity index (χ4v) is 6.31. The Bertz CT molecular complexity index is 976. The van der Waals surface area contributed by atoms with Gasteiger partial charge < -0.3 is 9.84 Å². The van der Waals surface area contributed by atoms with E-state index >= 15 is 0 Å². The number of aliphatic hydroxyl groups excluding tert-OH is 1. The van der Waals surface area contributed by atoms with Crippen molar-refractivity contribution in [3.05, 3.63) is 66.2 Å². The summed E-state index contributed by atoms with van der Waals surface area (Å²) < 4.78 is 33.2. The molecule has 0 spiro atoms. The molecule has 1 saturated heterocycles. The van der Waals surface area contributed by atoms with Crippen LogP contribution >= 0.6 is 0 Å². The van der Waals surface area contributed by atoms with Crippen LogP contribution in [0, 0.1) is 11.8 Å². The third-order valence-electron chi connectivity index (χ3n) is 5.81. The molecule has 3 rings (SSSR count). The molecule has 2 aromatic rings. The average Bonchev–Trinajstić information content (AvgIpc) is 3.05. The molecule has 1 aliphatic heterocycles. The van der Waals surface area contributed by atoms with Crippen LogP contribution in [0.1, 0.15) is 33.3 Å². The fourth-order valence-electron chi connectivity index (χ4n) is 4.11. The number of rotatable bonds is 8. The number of aliphatic hydroxyl groups is 1. The molecule has 0 radical (unpaired) electrons. The Morgan fingerprint density at radius 2 is 1.52 bits per heavy atom. The lowest BCUT2D eigenvalue weighted by atomic mass is 9.90. The summed E-state index contributed by atoms with van der Waals surface area (Å²) >= 11 is 0. The molecule has 0 aromatic heterocycles. The second-order valence-electron chi connectivity index (χ2n) is 8.75. The summed E-state index contributed by atoms with van der Waals surface area (Å²) in [4.78, 5) is 14.5. The van der Waals surface area contributed by atoms with Gasteiger partial charge in [0, 0.05) is 6.54 Å². The molecule has 2 unspecified atom stereocenters. The third kappa shape index (κ3) is 4.77. The number of cyclic esters (lactones) is 1. The topological polar surface area (TPSA) is 83.9 Å². The predicted octanol–water partition coefficient (Wildman–Crippen LogP) is 3.89. The first-order chi connectivity index (χ1) is 14.6. The fraction of sp³-hybridized carbons (Fsp3) is 0.458. The molecule has 1 fully saturated rings. The molecule has 168 valence electrons. The van der Waals surface area contributed by atoms with E-state index in [9.17, 15) is 18.3 Å². The third-order valence-corrected chi connectivity index (χ3v) is 8.01. The molecule has 0 bridgehead atoms. The van der Waals surface area contributed by atoms with Crippen LogP contribution in [0.3, 0.4) is 0 Å². The predicted molar refractivity (Wildman–Crippen MR) is 119 cm³/mol. The molecule has 31 heavy (non-hydrogen) atoms. The van der Waals surface area contributed by atoms with E-state index in [0.29, 0.717) is 0 Å². The van der Waals surface area contributed by atoms with Gasteiger partial charge in [-0.3, -0.25) is 4.90 Å². The lowest BCUT2D eigenvalue weighted by Gasteiger charge is -2.36. The maximum absolute atomic E-state index is 13.8. The van der Waals surface area contributed by atoms with Gasteiger partial charge in [-0.2, -0.15) is 0 Å². The number of ether oxygens (including phenoxy) is 1. The summed E-state index contributed by atoms with van der Waals surface area (Å²) in [6, 6.07) is 16.7. The van der Waals surface area contributed by atoms with Crippen molar-refractivity contribution in [3.8, 4) is 0 Å². The Balaban J connectivity index is 2.13. The van der Waals surface area contributed by atoms with E-state index in [1.54, 1.807) is 32.0 Å². The zero-order valence-electron chi connectivity index (χ0n) is 18.4. The number of nitrogens with zero attached hydrogens (tertiary/aromatic N) is 1. The largest absolute Gasteiger partial charge is 0.444 e. The van der Waals surface area contributed by atoms with Gasteiger partial charge in [0.15, 0.2) is 9.84 Å². The quantitative estimate of drug-likeness (QED) is 0.666. The van der Waals surface area contributed by atoms with Crippen LogP contribution in [0.25, 0.3) is 0 Å². The minimum absolute atomic E-state index is 0.123. The van der Waals surface area contributed by atoms with Gasteiger partial charge in [-0.15, -0.1) is 0 Å². The lowest BCUT2D eigenvalue weighted by Crippen LogP contribution is -2.56. The van der Waals surface area contributed by atoms with E-state index in [1.165, 1.54) is 17.0 Å². The van der Waals surface area contributed by atoms with Gasteiger partial charge in [0.05, 0.1) is 17.0 Å². The SMILES string of the molecule is CC(C)C(O)C([C@H]1[C@H](C(C)C)OC(=O)N1Cc1ccccc1)S(=O)(=O)c1ccccc1. The van der Waals surface area contributed by atoms with E-state index < -0.39 is 39.4 Å². The first-order valence-corrected chi connectivity index (χ1v) is 12.2. The van der Waals surface area contributed by atoms with Crippen LogP contribution in [0.5, 0.6) is 0 Å². The summed E-state index contributed by atoms with van der Waals surface area (Å²) in [6.45, 7) is 7.55. The van der Waals surface area contributed by atoms with Crippen molar-refractivity contribution in [3.63, 3.8) is 0 Å². The number of carbonyl (C=O) groups is 1. The minimum atomic E-state index is -3.97. The van der Waals surface area contributed by atoms with Crippen LogP contribution in [0.4, 0.5) is 4.79 Å². The van der Waals surface area contributed by atoms with Crippen LogP contribution in [-0.4, -0.2) is 48.0 Å². The van der Waals surface area contributed by atoms with Gasteiger partial charge in [0.25, 0.3) is 0 Å². The molecule has 0 aliphatic carbocycles. The second kappa shape index (κ2) is 9.40. The summed E-state index contributed by atoms with van der Waals surface area (Å²) in [6.07, 6.45) is -2.39. The van der Waals surface area contributed by atoms with Crippen molar-refractivity contribution >= 4 is 15.9 Å². The van der Waals surface area contributed by atoms with Crippen LogP contribution in [0.2, 0.25) is 0 Å². The summed E-state index contributed by atoms with van der Waals surface area (Å²) in [7, 11) is -3.97. The zero-order valence-corrected chi connectivity index (χ0v) is 19.2. The van der Waals surface area contributed by atoms with Gasteiger partial charge in [-0.05, 0) is 29.5 Å². The van der Waals surface area contributed by atoms with Crippen molar-refractivity contribution < 1.29 is 23.1 Å². The van der Waals surface area contributed by atoms with Crippen molar-refractivity contribution in [1.29, 1.82) is 0 Å². The van der Waals surface area contributed by atoms with Crippen molar-refractivity contribution in [2.75, 3.05) is 0 Å². The number of benzene rings is 2. The van der Waals surface area contributed by atoms with E-state index in [0.717, 1.165) is 5.56 Å². The van der Waals surface area contributed by atoms with Gasteiger partial charge in [0.1, 0.15) is 11.4 Å². The normalized spacial score (nSPS) is 21.4. The summed E-state index contributed by atoms with van der Waals surface area (Å²) in [5, 5.41) is 9.92. The van der Waals surface area contributed by atoms with Crippen LogP contribution in [-0.2, 0) is 21.1 Å². The van der Waals surface area contributed by atoms with Crippen molar-refractivity contribution in [2.24, 2.45) is 11.8 Å². The van der Waals surface area contributed by atoms with E-state index in [4.69, 9.17) is 4.74 Å². The lowest BCUT2D eigenvalue weighted by molar-refractivity contribution is 0.0615. The summed E-state index contributed by atoms with van der Waals surface area (Å²) in [5.74, 6) is -0.451. The number of carbonyl (C=O) groups excluding carboxylic acids is 1. The van der Waals surface area contributed by atoms with E-state index in [1.807, 2.05) is 44.2 Å². The Hall–Kier alpha value is -2.38. The van der Waals surface area contributed by atoms with Gasteiger partial charge >= 0.3 is 6.09 Å². The Morgan fingerprint density at radius 3 is 2.03 bits per heavy atom. The molecule has 1 N–H and O–H groups in total. The van der Waals surface area contributed by atoms with Crippen molar-refractivity contribution in [2.45, 2.75) is 62.6 Å². The molecule has 1 amide bonds. The van der Waals surface area contributed by atoms with Gasteiger partial charge in [0.2, 0.25) is 0 Å². The first kappa shape index (κ1) is 23.3. The van der Waals surface area contributed by atoms with Gasteiger partial charge in [-0.1, -0.05) is 76.2 Å². The van der Waals surface area contributed by atoms with E-state index in [-0.39, 0.29) is 23.3 Å². The molecular weight excluding hydrogens is 414 g/mol. The maximum Gasteiger partial charge on any atom is 0.410 e. The Kier molecular flexibility index (Phi) is 7.06. The Labute approximate surface area is 184 Å². The smallest absolute Gasteiger partial charge is 0.410 e. The number of amides is 1. The number of sulfone groups is 1. The van der Waals surface area contributed by atoms with Crippen LogP contribution in [0.15, 0.2) is 65.6 Å². The number of hydrogen-bond acceptors (Lipinski definition) is 5. The highest BCUT2D eigenvalue weighted by atomic mass is 32.2. The monoisotopic (exact) mass is 445 g/mol. The molecule has 4 atom stereocenters. The maximum atomic E-state index is 13.8. The average molecular weight is 446 g/mol.